The fraction of sp³-hybridized carbons (Fsp3) is 0.250. The Morgan fingerprint density at radius 3 is 2.80 bits per heavy atom. The predicted octanol–water partition coefficient (Wildman–Crippen LogP) is 1.45. The second kappa shape index (κ2) is 6.14. The van der Waals surface area contributed by atoms with E-state index in [4.69, 9.17) is 5.26 Å². The van der Waals surface area contributed by atoms with Gasteiger partial charge in [0.2, 0.25) is 15.8 Å². The molecule has 3 heterocycles. The molecule has 0 saturated carbocycles. The molecule has 25 heavy (non-hydrogen) atoms. The van der Waals surface area contributed by atoms with E-state index in [9.17, 15) is 8.42 Å². The van der Waals surface area contributed by atoms with Crippen LogP contribution in [0.3, 0.4) is 0 Å². The summed E-state index contributed by atoms with van der Waals surface area (Å²) in [6.07, 6.45) is 4.29. The number of fused-ring (bicyclic) bond motifs is 1. The van der Waals surface area contributed by atoms with Crippen LogP contribution in [0.2, 0.25) is 0 Å². The number of hydrogen-bond acceptors (Lipinski definition) is 6. The fourth-order valence-corrected chi connectivity index (χ4v) is 3.07. The SMILES string of the molecule is Cc1cc2cnc(C#N)nc2n1Cc1cccnc1N(C)S(C)(=O)=O. The van der Waals surface area contributed by atoms with Gasteiger partial charge in [0.15, 0.2) is 0 Å². The Kier molecular flexibility index (Phi) is 4.14. The van der Waals surface area contributed by atoms with E-state index < -0.39 is 10.0 Å². The van der Waals surface area contributed by atoms with Crippen molar-refractivity contribution in [1.29, 1.82) is 5.26 Å². The van der Waals surface area contributed by atoms with Crippen molar-refractivity contribution in [1.82, 2.24) is 19.5 Å². The monoisotopic (exact) mass is 356 g/mol. The van der Waals surface area contributed by atoms with Gasteiger partial charge >= 0.3 is 0 Å². The summed E-state index contributed by atoms with van der Waals surface area (Å²) >= 11 is 0. The molecule has 0 amide bonds. The molecule has 0 aromatic carbocycles. The summed E-state index contributed by atoms with van der Waals surface area (Å²) in [6.45, 7) is 2.30. The van der Waals surface area contributed by atoms with Gasteiger partial charge in [0.1, 0.15) is 17.5 Å². The quantitative estimate of drug-likeness (QED) is 0.701. The van der Waals surface area contributed by atoms with Gasteiger partial charge in [-0.1, -0.05) is 6.07 Å². The van der Waals surface area contributed by atoms with Crippen LogP contribution in [0.1, 0.15) is 17.1 Å². The maximum atomic E-state index is 11.9. The van der Waals surface area contributed by atoms with Gasteiger partial charge in [-0.15, -0.1) is 0 Å². The highest BCUT2D eigenvalue weighted by Gasteiger charge is 2.18. The van der Waals surface area contributed by atoms with Crippen LogP contribution in [-0.4, -0.2) is 41.2 Å². The van der Waals surface area contributed by atoms with E-state index >= 15 is 0 Å². The van der Waals surface area contributed by atoms with Gasteiger partial charge in [-0.3, -0.25) is 4.31 Å². The molecule has 9 heteroatoms. The third-order valence-corrected chi connectivity index (χ3v) is 5.10. The number of hydrogen-bond donors (Lipinski definition) is 0. The lowest BCUT2D eigenvalue weighted by molar-refractivity contribution is 0.599. The lowest BCUT2D eigenvalue weighted by atomic mass is 10.2. The summed E-state index contributed by atoms with van der Waals surface area (Å²) in [6, 6.07) is 7.43. The van der Waals surface area contributed by atoms with Gasteiger partial charge in [0.05, 0.1) is 12.8 Å². The molecule has 128 valence electrons. The largest absolute Gasteiger partial charge is 0.325 e. The van der Waals surface area contributed by atoms with Gasteiger partial charge in [-0.25, -0.2) is 23.4 Å². The third-order valence-electron chi connectivity index (χ3n) is 3.93. The Hall–Kier alpha value is -2.99. The number of sulfonamides is 1. The van der Waals surface area contributed by atoms with E-state index in [0.29, 0.717) is 18.0 Å². The number of nitrogens with zero attached hydrogens (tertiary/aromatic N) is 6. The van der Waals surface area contributed by atoms with Crippen molar-refractivity contribution in [3.63, 3.8) is 0 Å². The molecule has 8 nitrogen and oxygen atoms in total. The maximum absolute atomic E-state index is 11.9. The number of nitriles is 1. The predicted molar refractivity (Wildman–Crippen MR) is 93.6 cm³/mol. The van der Waals surface area contributed by atoms with E-state index in [1.54, 1.807) is 18.5 Å². The van der Waals surface area contributed by atoms with Gasteiger partial charge in [-0.2, -0.15) is 5.26 Å². The van der Waals surface area contributed by atoms with Crippen LogP contribution < -0.4 is 4.31 Å². The zero-order chi connectivity index (χ0) is 18.2. The molecule has 0 aliphatic rings. The van der Waals surface area contributed by atoms with Gasteiger partial charge < -0.3 is 4.57 Å². The normalized spacial score (nSPS) is 11.4. The number of pyridine rings is 1. The molecule has 0 unspecified atom stereocenters. The molecule has 0 aliphatic carbocycles. The minimum Gasteiger partial charge on any atom is -0.325 e. The highest BCUT2D eigenvalue weighted by Crippen LogP contribution is 2.23. The molecule has 0 bridgehead atoms. The van der Waals surface area contributed by atoms with Crippen LogP contribution in [0.4, 0.5) is 5.82 Å². The van der Waals surface area contributed by atoms with Crippen LogP contribution in [0.25, 0.3) is 11.0 Å². The summed E-state index contributed by atoms with van der Waals surface area (Å²) in [5, 5.41) is 9.84. The van der Waals surface area contributed by atoms with Crippen molar-refractivity contribution < 1.29 is 8.42 Å². The van der Waals surface area contributed by atoms with Crippen LogP contribution in [0.5, 0.6) is 0 Å². The number of rotatable bonds is 4. The molecular weight excluding hydrogens is 340 g/mol. The second-order valence-electron chi connectivity index (χ2n) is 5.67. The van der Waals surface area contributed by atoms with Crippen molar-refractivity contribution in [2.75, 3.05) is 17.6 Å². The van der Waals surface area contributed by atoms with Crippen LogP contribution in [0.15, 0.2) is 30.6 Å². The molecule has 3 aromatic rings. The van der Waals surface area contributed by atoms with E-state index in [2.05, 4.69) is 15.0 Å². The molecule has 3 aromatic heterocycles. The lowest BCUT2D eigenvalue weighted by Crippen LogP contribution is -2.27. The average molecular weight is 356 g/mol. The summed E-state index contributed by atoms with van der Waals surface area (Å²) in [5.74, 6) is 0.451. The van der Waals surface area contributed by atoms with Crippen LogP contribution in [-0.2, 0) is 16.6 Å². The molecule has 0 fully saturated rings. The average Bonchev–Trinajstić information content (AvgIpc) is 2.89. The van der Waals surface area contributed by atoms with E-state index in [1.165, 1.54) is 7.05 Å². The molecule has 0 saturated heterocycles. The third kappa shape index (κ3) is 3.16. The van der Waals surface area contributed by atoms with Crippen molar-refractivity contribution in [2.45, 2.75) is 13.5 Å². The summed E-state index contributed by atoms with van der Waals surface area (Å²) < 4.78 is 26.8. The molecule has 0 atom stereocenters. The highest BCUT2D eigenvalue weighted by atomic mass is 32.2. The van der Waals surface area contributed by atoms with E-state index in [0.717, 1.165) is 27.2 Å². The topological polar surface area (TPSA) is 105 Å². The minimum atomic E-state index is -3.43. The Morgan fingerprint density at radius 2 is 2.12 bits per heavy atom. The van der Waals surface area contributed by atoms with E-state index in [-0.39, 0.29) is 5.82 Å². The summed E-state index contributed by atoms with van der Waals surface area (Å²) in [4.78, 5) is 12.5. The molecule has 0 N–H and O–H groups in total. The van der Waals surface area contributed by atoms with Gasteiger partial charge in [0.25, 0.3) is 0 Å². The van der Waals surface area contributed by atoms with E-state index in [1.807, 2.05) is 29.7 Å². The van der Waals surface area contributed by atoms with Crippen LogP contribution in [0, 0.1) is 18.3 Å². The molecule has 0 aliphatic heterocycles. The first-order valence-electron chi connectivity index (χ1n) is 7.42. The Labute approximate surface area is 145 Å². The summed E-state index contributed by atoms with van der Waals surface area (Å²) in [5.41, 5.74) is 2.28. The molecule has 0 spiro atoms. The number of anilines is 1. The maximum Gasteiger partial charge on any atom is 0.234 e. The molecule has 3 rings (SSSR count). The lowest BCUT2D eigenvalue weighted by Gasteiger charge is -2.19. The second-order valence-corrected chi connectivity index (χ2v) is 7.69. The standard InChI is InChI=1S/C16H16N6O2S/c1-11-7-13-9-19-14(8-17)20-16(13)22(11)10-12-5-4-6-18-15(12)21(2)25(3,23)24/h4-7,9H,10H2,1-3H3. The fourth-order valence-electron chi connectivity index (χ4n) is 2.59. The summed E-state index contributed by atoms with van der Waals surface area (Å²) in [7, 11) is -1.96. The van der Waals surface area contributed by atoms with Crippen molar-refractivity contribution in [2.24, 2.45) is 0 Å². The first-order valence-corrected chi connectivity index (χ1v) is 9.27. The van der Waals surface area contributed by atoms with Gasteiger partial charge in [0, 0.05) is 36.1 Å². The smallest absolute Gasteiger partial charge is 0.234 e. The zero-order valence-electron chi connectivity index (χ0n) is 14.0. The Morgan fingerprint density at radius 1 is 1.36 bits per heavy atom. The number of aromatic nitrogens is 4. The number of aryl methyl sites for hydroxylation is 1. The minimum absolute atomic E-state index is 0.0894. The zero-order valence-corrected chi connectivity index (χ0v) is 14.8. The van der Waals surface area contributed by atoms with Gasteiger partial charge in [-0.05, 0) is 19.1 Å². The molecular formula is C16H16N6O2S. The first kappa shape index (κ1) is 16.9. The van der Waals surface area contributed by atoms with Crippen LogP contribution >= 0.6 is 0 Å². The highest BCUT2D eigenvalue weighted by molar-refractivity contribution is 7.92. The first-order chi connectivity index (χ1) is 11.8. The van der Waals surface area contributed by atoms with Crippen molar-refractivity contribution >= 4 is 26.9 Å². The Balaban J connectivity index is 2.12. The molecule has 0 radical (unpaired) electrons. The Bertz CT molecular complexity index is 1100. The van der Waals surface area contributed by atoms with Crippen molar-refractivity contribution in [3.8, 4) is 6.07 Å². The van der Waals surface area contributed by atoms with Crippen molar-refractivity contribution in [3.05, 3.63) is 47.7 Å².